The van der Waals surface area contributed by atoms with Gasteiger partial charge in [0.25, 0.3) is 0 Å². The lowest BCUT2D eigenvalue weighted by molar-refractivity contribution is 0.435. The first-order valence-electron chi connectivity index (χ1n) is 6.89. The molecule has 0 saturated heterocycles. The molecule has 4 heteroatoms. The lowest BCUT2D eigenvalue weighted by Crippen LogP contribution is -2.13. The van der Waals surface area contributed by atoms with Crippen LogP contribution in [0.15, 0.2) is 24.4 Å². The molecule has 0 spiro atoms. The van der Waals surface area contributed by atoms with E-state index in [1.165, 1.54) is 5.56 Å². The molecule has 0 amide bonds. The maximum absolute atomic E-state index is 5.79. The Balaban J connectivity index is 2.18. The Labute approximate surface area is 120 Å². The SMILES string of the molecule is CCNCc1cnc(Oc2cccc(C)c2C)nc1C. The van der Waals surface area contributed by atoms with E-state index in [4.69, 9.17) is 4.74 Å². The summed E-state index contributed by atoms with van der Waals surface area (Å²) in [6.07, 6.45) is 1.82. The maximum Gasteiger partial charge on any atom is 0.322 e. The summed E-state index contributed by atoms with van der Waals surface area (Å²) >= 11 is 0. The smallest absolute Gasteiger partial charge is 0.322 e. The fourth-order valence-electron chi connectivity index (χ4n) is 1.89. The number of aryl methyl sites for hydroxylation is 2. The Morgan fingerprint density at radius 1 is 1.20 bits per heavy atom. The number of ether oxygens (including phenoxy) is 1. The van der Waals surface area contributed by atoms with Crippen molar-refractivity contribution >= 4 is 0 Å². The minimum Gasteiger partial charge on any atom is -0.424 e. The van der Waals surface area contributed by atoms with Crippen LogP contribution in [0.5, 0.6) is 11.8 Å². The van der Waals surface area contributed by atoms with Gasteiger partial charge in [-0.1, -0.05) is 19.1 Å². The predicted octanol–water partition coefficient (Wildman–Crippen LogP) is 3.30. The van der Waals surface area contributed by atoms with E-state index in [1.54, 1.807) is 0 Å². The molecule has 2 rings (SSSR count). The Kier molecular flexibility index (Phi) is 4.69. The summed E-state index contributed by atoms with van der Waals surface area (Å²) in [6.45, 7) is 9.87. The number of nitrogens with zero attached hydrogens (tertiary/aromatic N) is 2. The lowest BCUT2D eigenvalue weighted by Gasteiger charge is -2.10. The van der Waals surface area contributed by atoms with E-state index in [0.717, 1.165) is 35.7 Å². The van der Waals surface area contributed by atoms with Gasteiger partial charge in [0, 0.05) is 24.0 Å². The van der Waals surface area contributed by atoms with Gasteiger partial charge in [-0.05, 0) is 44.5 Å². The van der Waals surface area contributed by atoms with E-state index in [9.17, 15) is 0 Å². The van der Waals surface area contributed by atoms with Crippen molar-refractivity contribution in [2.75, 3.05) is 6.54 Å². The molecule has 0 aliphatic heterocycles. The van der Waals surface area contributed by atoms with Crippen LogP contribution in [0.4, 0.5) is 0 Å². The molecule has 4 nitrogen and oxygen atoms in total. The second-order valence-electron chi connectivity index (χ2n) is 4.84. The molecule has 0 atom stereocenters. The van der Waals surface area contributed by atoms with Gasteiger partial charge in [-0.25, -0.2) is 4.98 Å². The normalized spacial score (nSPS) is 10.6. The maximum atomic E-state index is 5.79. The fourth-order valence-corrected chi connectivity index (χ4v) is 1.89. The van der Waals surface area contributed by atoms with Crippen molar-refractivity contribution in [1.29, 1.82) is 0 Å². The van der Waals surface area contributed by atoms with Gasteiger partial charge in [-0.15, -0.1) is 0 Å². The molecule has 0 bridgehead atoms. The van der Waals surface area contributed by atoms with E-state index in [1.807, 2.05) is 32.2 Å². The van der Waals surface area contributed by atoms with Crippen LogP contribution in [0.3, 0.4) is 0 Å². The van der Waals surface area contributed by atoms with E-state index in [0.29, 0.717) is 6.01 Å². The standard InChI is InChI=1S/C16H21N3O/c1-5-17-9-14-10-18-16(19-13(14)4)20-15-8-6-7-11(2)12(15)3/h6-8,10,17H,5,9H2,1-4H3. The number of aromatic nitrogens is 2. The Bertz CT molecular complexity index is 596. The van der Waals surface area contributed by atoms with Crippen LogP contribution in [0.25, 0.3) is 0 Å². The molecular formula is C16H21N3O. The first-order chi connectivity index (χ1) is 9.61. The minimum atomic E-state index is 0.399. The highest BCUT2D eigenvalue weighted by Crippen LogP contribution is 2.24. The van der Waals surface area contributed by atoms with Gasteiger partial charge in [-0.2, -0.15) is 4.98 Å². The van der Waals surface area contributed by atoms with E-state index < -0.39 is 0 Å². The topological polar surface area (TPSA) is 47.0 Å². The van der Waals surface area contributed by atoms with E-state index in [-0.39, 0.29) is 0 Å². The van der Waals surface area contributed by atoms with Crippen molar-refractivity contribution in [3.05, 3.63) is 46.8 Å². The quantitative estimate of drug-likeness (QED) is 0.906. The largest absolute Gasteiger partial charge is 0.424 e. The molecular weight excluding hydrogens is 250 g/mol. The number of hydrogen-bond donors (Lipinski definition) is 1. The fraction of sp³-hybridized carbons (Fsp3) is 0.375. The minimum absolute atomic E-state index is 0.399. The molecule has 2 aromatic rings. The van der Waals surface area contributed by atoms with Crippen LogP contribution in [-0.4, -0.2) is 16.5 Å². The van der Waals surface area contributed by atoms with Gasteiger partial charge in [0.1, 0.15) is 5.75 Å². The lowest BCUT2D eigenvalue weighted by atomic mass is 10.1. The van der Waals surface area contributed by atoms with Crippen LogP contribution < -0.4 is 10.1 Å². The predicted molar refractivity (Wildman–Crippen MR) is 80.1 cm³/mol. The van der Waals surface area contributed by atoms with Gasteiger partial charge in [0.05, 0.1) is 0 Å². The first-order valence-corrected chi connectivity index (χ1v) is 6.89. The van der Waals surface area contributed by atoms with Gasteiger partial charge in [0.2, 0.25) is 0 Å². The van der Waals surface area contributed by atoms with Gasteiger partial charge in [0.15, 0.2) is 0 Å². The molecule has 0 aliphatic rings. The Hall–Kier alpha value is -1.94. The molecule has 1 aromatic heterocycles. The highest BCUT2D eigenvalue weighted by Gasteiger charge is 2.07. The molecule has 1 heterocycles. The Morgan fingerprint density at radius 2 is 2.00 bits per heavy atom. The summed E-state index contributed by atoms with van der Waals surface area (Å²) in [5.41, 5.74) is 4.36. The number of rotatable bonds is 5. The molecule has 0 aliphatic carbocycles. The summed E-state index contributed by atoms with van der Waals surface area (Å²) < 4.78 is 5.79. The van der Waals surface area contributed by atoms with Crippen molar-refractivity contribution < 1.29 is 4.74 Å². The zero-order valence-electron chi connectivity index (χ0n) is 12.5. The summed E-state index contributed by atoms with van der Waals surface area (Å²) in [7, 11) is 0. The molecule has 20 heavy (non-hydrogen) atoms. The van der Waals surface area contributed by atoms with Crippen LogP contribution >= 0.6 is 0 Å². The summed E-state index contributed by atoms with van der Waals surface area (Å²) in [6, 6.07) is 6.38. The third-order valence-corrected chi connectivity index (χ3v) is 3.38. The molecule has 1 N–H and O–H groups in total. The zero-order valence-corrected chi connectivity index (χ0v) is 12.5. The van der Waals surface area contributed by atoms with Crippen LogP contribution in [0.2, 0.25) is 0 Å². The summed E-state index contributed by atoms with van der Waals surface area (Å²) in [5.74, 6) is 0.809. The van der Waals surface area contributed by atoms with Crippen LogP contribution in [-0.2, 0) is 6.54 Å². The van der Waals surface area contributed by atoms with E-state index in [2.05, 4.69) is 35.2 Å². The highest BCUT2D eigenvalue weighted by atomic mass is 16.5. The Morgan fingerprint density at radius 3 is 2.70 bits per heavy atom. The highest BCUT2D eigenvalue weighted by molar-refractivity contribution is 5.39. The number of hydrogen-bond acceptors (Lipinski definition) is 4. The summed E-state index contributed by atoms with van der Waals surface area (Å²) in [4.78, 5) is 8.70. The summed E-state index contributed by atoms with van der Waals surface area (Å²) in [5, 5.41) is 3.27. The third-order valence-electron chi connectivity index (χ3n) is 3.38. The number of nitrogens with one attached hydrogen (secondary N) is 1. The molecule has 0 fully saturated rings. The molecule has 106 valence electrons. The molecule has 0 saturated carbocycles. The zero-order chi connectivity index (χ0) is 14.5. The molecule has 0 radical (unpaired) electrons. The van der Waals surface area contributed by atoms with Crippen molar-refractivity contribution in [1.82, 2.24) is 15.3 Å². The average Bonchev–Trinajstić information content (AvgIpc) is 2.43. The van der Waals surface area contributed by atoms with Crippen LogP contribution in [0, 0.1) is 20.8 Å². The third kappa shape index (κ3) is 3.33. The van der Waals surface area contributed by atoms with Crippen molar-refractivity contribution in [2.45, 2.75) is 34.2 Å². The van der Waals surface area contributed by atoms with Gasteiger partial charge in [-0.3, -0.25) is 0 Å². The van der Waals surface area contributed by atoms with E-state index >= 15 is 0 Å². The average molecular weight is 271 g/mol. The van der Waals surface area contributed by atoms with Crippen LogP contribution in [0.1, 0.15) is 29.3 Å². The van der Waals surface area contributed by atoms with Gasteiger partial charge >= 0.3 is 6.01 Å². The second kappa shape index (κ2) is 6.48. The molecule has 0 unspecified atom stereocenters. The first kappa shape index (κ1) is 14.5. The van der Waals surface area contributed by atoms with Crippen molar-refractivity contribution in [3.63, 3.8) is 0 Å². The molecule has 1 aromatic carbocycles. The van der Waals surface area contributed by atoms with Crippen molar-refractivity contribution in [2.24, 2.45) is 0 Å². The van der Waals surface area contributed by atoms with Crippen molar-refractivity contribution in [3.8, 4) is 11.8 Å². The number of benzene rings is 1. The van der Waals surface area contributed by atoms with Gasteiger partial charge < -0.3 is 10.1 Å². The monoisotopic (exact) mass is 271 g/mol. The second-order valence-corrected chi connectivity index (χ2v) is 4.84.